The maximum absolute atomic E-state index is 12.7. The zero-order valence-corrected chi connectivity index (χ0v) is 16.7. The number of carbonyl (C=O) groups is 2. The van der Waals surface area contributed by atoms with E-state index < -0.39 is 5.97 Å². The van der Waals surface area contributed by atoms with E-state index in [1.165, 1.54) is 11.3 Å². The molecular formula is C23H20N2O3S. The first-order valence-electron chi connectivity index (χ1n) is 9.37. The minimum Gasteiger partial charge on any atom is -0.462 e. The van der Waals surface area contributed by atoms with Gasteiger partial charge < -0.3 is 15.0 Å². The number of para-hydroxylation sites is 1. The van der Waals surface area contributed by atoms with E-state index in [9.17, 15) is 9.59 Å². The molecule has 0 saturated heterocycles. The highest BCUT2D eigenvalue weighted by Gasteiger charge is 2.20. The Labute approximate surface area is 172 Å². The Balaban J connectivity index is 1.60. The van der Waals surface area contributed by atoms with Gasteiger partial charge in [-0.15, -0.1) is 11.3 Å². The first kappa shape index (κ1) is 19.0. The van der Waals surface area contributed by atoms with Crippen LogP contribution in [0.25, 0.3) is 21.3 Å². The van der Waals surface area contributed by atoms with Crippen molar-refractivity contribution in [3.05, 3.63) is 78.0 Å². The molecule has 0 radical (unpaired) electrons. The number of ether oxygens (including phenoxy) is 1. The summed E-state index contributed by atoms with van der Waals surface area (Å²) in [7, 11) is 0. The van der Waals surface area contributed by atoms with Gasteiger partial charge in [0, 0.05) is 22.0 Å². The fourth-order valence-corrected chi connectivity index (χ4v) is 4.28. The van der Waals surface area contributed by atoms with Gasteiger partial charge in [-0.1, -0.05) is 48.5 Å². The Morgan fingerprint density at radius 2 is 1.83 bits per heavy atom. The molecular weight excluding hydrogens is 384 g/mol. The molecule has 5 nitrogen and oxygen atoms in total. The van der Waals surface area contributed by atoms with Crippen LogP contribution in [-0.2, 0) is 16.0 Å². The number of aromatic nitrogens is 1. The molecule has 0 fully saturated rings. The van der Waals surface area contributed by atoms with Crippen LogP contribution in [0.5, 0.6) is 0 Å². The minimum atomic E-state index is -0.437. The first-order chi connectivity index (χ1) is 14.2. The summed E-state index contributed by atoms with van der Waals surface area (Å²) < 4.78 is 5.17. The average Bonchev–Trinajstić information content (AvgIpc) is 3.34. The summed E-state index contributed by atoms with van der Waals surface area (Å²) in [5.41, 5.74) is 3.27. The molecule has 2 aromatic carbocycles. The molecule has 29 heavy (non-hydrogen) atoms. The van der Waals surface area contributed by atoms with Gasteiger partial charge in [-0.3, -0.25) is 4.79 Å². The monoisotopic (exact) mass is 404 g/mol. The number of hydrogen-bond donors (Lipinski definition) is 2. The number of thiophene rings is 1. The molecule has 1 amide bonds. The molecule has 2 heterocycles. The highest BCUT2D eigenvalue weighted by molar-refractivity contribution is 7.20. The number of rotatable bonds is 6. The van der Waals surface area contributed by atoms with E-state index in [0.29, 0.717) is 10.6 Å². The van der Waals surface area contributed by atoms with Crippen molar-refractivity contribution < 1.29 is 14.3 Å². The summed E-state index contributed by atoms with van der Waals surface area (Å²) in [6.45, 7) is 2.04. The maximum atomic E-state index is 12.7. The molecule has 0 atom stereocenters. The average molecular weight is 404 g/mol. The van der Waals surface area contributed by atoms with E-state index in [1.807, 2.05) is 60.8 Å². The lowest BCUT2D eigenvalue weighted by Crippen LogP contribution is -2.16. The molecule has 2 aromatic heterocycles. The molecule has 0 spiro atoms. The number of fused-ring (bicyclic) bond motifs is 1. The smallest absolute Gasteiger partial charge is 0.341 e. The van der Waals surface area contributed by atoms with Gasteiger partial charge in [-0.2, -0.15) is 0 Å². The van der Waals surface area contributed by atoms with E-state index in [4.69, 9.17) is 4.74 Å². The fraction of sp³-hybridized carbons (Fsp3) is 0.130. The second-order valence-corrected chi connectivity index (χ2v) is 7.58. The largest absolute Gasteiger partial charge is 0.462 e. The zero-order valence-electron chi connectivity index (χ0n) is 15.9. The number of H-pyrrole nitrogens is 1. The molecule has 0 aliphatic rings. The molecule has 4 aromatic rings. The molecule has 0 aliphatic heterocycles. The Bertz CT molecular complexity index is 1160. The highest BCUT2D eigenvalue weighted by atomic mass is 32.1. The number of anilines is 1. The van der Waals surface area contributed by atoms with E-state index in [2.05, 4.69) is 10.3 Å². The molecule has 2 N–H and O–H groups in total. The number of carbonyl (C=O) groups excluding carboxylic acids is 2. The van der Waals surface area contributed by atoms with Crippen LogP contribution in [-0.4, -0.2) is 23.5 Å². The van der Waals surface area contributed by atoms with Crippen molar-refractivity contribution in [3.63, 3.8) is 0 Å². The summed E-state index contributed by atoms with van der Waals surface area (Å²) in [4.78, 5) is 29.2. The Kier molecular flexibility index (Phi) is 5.44. The molecule has 146 valence electrons. The second kappa shape index (κ2) is 8.32. The molecule has 0 saturated carbocycles. The molecule has 6 heteroatoms. The predicted octanol–water partition coefficient (Wildman–Crippen LogP) is 5.25. The van der Waals surface area contributed by atoms with E-state index in [-0.39, 0.29) is 18.9 Å². The van der Waals surface area contributed by atoms with E-state index in [0.717, 1.165) is 26.9 Å². The number of esters is 1. The van der Waals surface area contributed by atoms with Crippen molar-refractivity contribution in [2.45, 2.75) is 13.3 Å². The van der Waals surface area contributed by atoms with Crippen molar-refractivity contribution in [3.8, 4) is 10.4 Å². The van der Waals surface area contributed by atoms with Crippen LogP contribution < -0.4 is 5.32 Å². The number of amides is 1. The first-order valence-corrected chi connectivity index (χ1v) is 10.2. The van der Waals surface area contributed by atoms with E-state index in [1.54, 1.807) is 13.0 Å². The van der Waals surface area contributed by atoms with Crippen LogP contribution in [0.3, 0.4) is 0 Å². The van der Waals surface area contributed by atoms with Crippen LogP contribution in [0, 0.1) is 0 Å². The quantitative estimate of drug-likeness (QED) is 0.431. The number of aromatic amines is 1. The maximum Gasteiger partial charge on any atom is 0.341 e. The summed E-state index contributed by atoms with van der Waals surface area (Å²) in [6, 6.07) is 19.4. The van der Waals surface area contributed by atoms with Gasteiger partial charge in [0.25, 0.3) is 0 Å². The third-order valence-corrected chi connectivity index (χ3v) is 5.66. The van der Waals surface area contributed by atoms with Crippen LogP contribution in [0.2, 0.25) is 0 Å². The fourth-order valence-electron chi connectivity index (χ4n) is 3.21. The Morgan fingerprint density at radius 3 is 2.62 bits per heavy atom. The molecule has 0 aliphatic carbocycles. The third-order valence-electron chi connectivity index (χ3n) is 4.56. The van der Waals surface area contributed by atoms with Crippen molar-refractivity contribution in [2.24, 2.45) is 0 Å². The Hall–Kier alpha value is -3.38. The normalized spacial score (nSPS) is 10.8. The zero-order chi connectivity index (χ0) is 20.2. The van der Waals surface area contributed by atoms with Crippen molar-refractivity contribution in [1.29, 1.82) is 0 Å². The van der Waals surface area contributed by atoms with Crippen molar-refractivity contribution in [1.82, 2.24) is 4.98 Å². The summed E-state index contributed by atoms with van der Waals surface area (Å²) in [5.74, 6) is -0.616. The topological polar surface area (TPSA) is 71.2 Å². The lowest BCUT2D eigenvalue weighted by Gasteiger charge is -2.06. The minimum absolute atomic E-state index is 0.179. The SMILES string of the molecule is CCOC(=O)c1cc(-c2ccccc2)sc1NC(=O)Cc1c[nH]c2ccccc12. The predicted molar refractivity (Wildman–Crippen MR) is 116 cm³/mol. The van der Waals surface area contributed by atoms with Gasteiger partial charge in [-0.25, -0.2) is 4.79 Å². The van der Waals surface area contributed by atoms with Gasteiger partial charge in [0.1, 0.15) is 5.00 Å². The van der Waals surface area contributed by atoms with Crippen molar-refractivity contribution >= 4 is 39.1 Å². The van der Waals surface area contributed by atoms with Crippen LogP contribution in [0.15, 0.2) is 66.9 Å². The van der Waals surface area contributed by atoms with Gasteiger partial charge in [-0.05, 0) is 30.2 Å². The van der Waals surface area contributed by atoms with Crippen LogP contribution >= 0.6 is 11.3 Å². The van der Waals surface area contributed by atoms with Gasteiger partial charge in [0.05, 0.1) is 18.6 Å². The summed E-state index contributed by atoms with van der Waals surface area (Å²) in [6.07, 6.45) is 2.06. The molecule has 0 bridgehead atoms. The van der Waals surface area contributed by atoms with Crippen LogP contribution in [0.1, 0.15) is 22.8 Å². The molecule has 4 rings (SSSR count). The van der Waals surface area contributed by atoms with Crippen molar-refractivity contribution in [2.75, 3.05) is 11.9 Å². The standard InChI is InChI=1S/C23H20N2O3S/c1-2-28-23(27)18-13-20(15-8-4-3-5-9-15)29-22(18)25-21(26)12-16-14-24-19-11-7-6-10-17(16)19/h3-11,13-14,24H,2,12H2,1H3,(H,25,26). The third kappa shape index (κ3) is 4.07. The number of benzene rings is 2. The van der Waals surface area contributed by atoms with Gasteiger partial charge in [0.15, 0.2) is 0 Å². The van der Waals surface area contributed by atoms with Gasteiger partial charge in [0.2, 0.25) is 5.91 Å². The number of hydrogen-bond acceptors (Lipinski definition) is 4. The Morgan fingerprint density at radius 1 is 1.07 bits per heavy atom. The molecule has 0 unspecified atom stereocenters. The second-order valence-electron chi connectivity index (χ2n) is 6.52. The van der Waals surface area contributed by atoms with E-state index >= 15 is 0 Å². The number of nitrogens with one attached hydrogen (secondary N) is 2. The van der Waals surface area contributed by atoms with Gasteiger partial charge >= 0.3 is 5.97 Å². The lowest BCUT2D eigenvalue weighted by molar-refractivity contribution is -0.115. The lowest BCUT2D eigenvalue weighted by atomic mass is 10.1. The summed E-state index contributed by atoms with van der Waals surface area (Å²) >= 11 is 1.37. The highest BCUT2D eigenvalue weighted by Crippen LogP contribution is 2.36. The van der Waals surface area contributed by atoms with Crippen LogP contribution in [0.4, 0.5) is 5.00 Å². The summed E-state index contributed by atoms with van der Waals surface area (Å²) in [5, 5.41) is 4.43.